The van der Waals surface area contributed by atoms with Gasteiger partial charge in [0.2, 0.25) is 0 Å². The number of nitrogens with one attached hydrogen (secondary N) is 1. The van der Waals surface area contributed by atoms with Crippen LogP contribution in [0.25, 0.3) is 5.65 Å². The normalized spacial score (nSPS) is 13.9. The molecule has 0 aliphatic heterocycles. The first kappa shape index (κ1) is 14.6. The number of pyridine rings is 2. The highest BCUT2D eigenvalue weighted by Crippen LogP contribution is 2.19. The molecule has 1 N–H and O–H groups in total. The second kappa shape index (κ2) is 5.92. The van der Waals surface area contributed by atoms with Crippen LogP contribution in [-0.2, 0) is 6.54 Å². The van der Waals surface area contributed by atoms with Crippen molar-refractivity contribution in [1.82, 2.24) is 24.9 Å². The molecule has 3 heterocycles. The number of aromatic nitrogens is 4. The lowest BCUT2D eigenvalue weighted by Gasteiger charge is -2.17. The fraction of sp³-hybridized carbons (Fsp3) is 0.294. The largest absolute Gasteiger partial charge is 0.352 e. The summed E-state index contributed by atoms with van der Waals surface area (Å²) < 4.78 is 1.95. The highest BCUT2D eigenvalue weighted by atomic mass is 16.1. The maximum Gasteiger partial charge on any atom is 0.253 e. The van der Waals surface area contributed by atoms with Gasteiger partial charge in [0.15, 0.2) is 11.5 Å². The van der Waals surface area contributed by atoms with Gasteiger partial charge >= 0.3 is 0 Å². The monoisotopic (exact) mass is 322 g/mol. The highest BCUT2D eigenvalue weighted by molar-refractivity contribution is 5.94. The average Bonchev–Trinajstić information content (AvgIpc) is 3.34. The Bertz CT molecular complexity index is 868. The van der Waals surface area contributed by atoms with Crippen LogP contribution in [0.2, 0.25) is 0 Å². The topological polar surface area (TPSA) is 75.4 Å². The van der Waals surface area contributed by atoms with Crippen LogP contribution in [-0.4, -0.2) is 38.6 Å². The van der Waals surface area contributed by atoms with Crippen LogP contribution in [0.15, 0.2) is 42.7 Å². The van der Waals surface area contributed by atoms with Crippen molar-refractivity contribution < 1.29 is 4.79 Å². The summed E-state index contributed by atoms with van der Waals surface area (Å²) >= 11 is 0. The Kier molecular flexibility index (Phi) is 3.60. The van der Waals surface area contributed by atoms with Crippen LogP contribution in [0.4, 0.5) is 5.82 Å². The molecule has 24 heavy (non-hydrogen) atoms. The third kappa shape index (κ3) is 2.92. The summed E-state index contributed by atoms with van der Waals surface area (Å²) in [4.78, 5) is 18.4. The molecule has 0 atom stereocenters. The molecule has 0 spiro atoms. The number of fused-ring (bicyclic) bond motifs is 1. The minimum atomic E-state index is -0.0531. The van der Waals surface area contributed by atoms with E-state index in [1.807, 2.05) is 46.8 Å². The molecule has 0 radical (unpaired) electrons. The van der Waals surface area contributed by atoms with Crippen LogP contribution in [0.5, 0.6) is 0 Å². The van der Waals surface area contributed by atoms with Gasteiger partial charge in [0.25, 0.3) is 5.91 Å². The van der Waals surface area contributed by atoms with Crippen molar-refractivity contribution in [2.24, 2.45) is 0 Å². The first-order valence-electron chi connectivity index (χ1n) is 7.97. The molecule has 1 aliphatic rings. The van der Waals surface area contributed by atoms with Crippen molar-refractivity contribution in [2.45, 2.75) is 25.4 Å². The first-order chi connectivity index (χ1) is 11.7. The molecule has 0 aromatic carbocycles. The summed E-state index contributed by atoms with van der Waals surface area (Å²) in [5, 5.41) is 11.3. The van der Waals surface area contributed by atoms with Gasteiger partial charge in [0.1, 0.15) is 5.82 Å². The molecule has 0 bridgehead atoms. The van der Waals surface area contributed by atoms with Gasteiger partial charge in [-0.1, -0.05) is 6.07 Å². The minimum absolute atomic E-state index is 0.0531. The third-order valence-corrected chi connectivity index (χ3v) is 4.08. The third-order valence-electron chi connectivity index (χ3n) is 4.08. The number of rotatable bonds is 5. The van der Waals surface area contributed by atoms with E-state index in [0.29, 0.717) is 18.2 Å². The van der Waals surface area contributed by atoms with Crippen molar-refractivity contribution in [3.63, 3.8) is 0 Å². The number of carbonyl (C=O) groups is 1. The lowest BCUT2D eigenvalue weighted by Crippen LogP contribution is -2.25. The van der Waals surface area contributed by atoms with Gasteiger partial charge in [-0.15, -0.1) is 10.2 Å². The molecular weight excluding hydrogens is 304 g/mol. The Hall–Kier alpha value is -2.96. The Labute approximate surface area is 139 Å². The van der Waals surface area contributed by atoms with Crippen LogP contribution >= 0.6 is 0 Å². The van der Waals surface area contributed by atoms with E-state index in [0.717, 1.165) is 30.1 Å². The molecule has 122 valence electrons. The Morgan fingerprint density at radius 3 is 2.92 bits per heavy atom. The lowest BCUT2D eigenvalue weighted by atomic mass is 10.2. The number of nitrogens with zero attached hydrogens (tertiary/aromatic N) is 5. The Morgan fingerprint density at radius 1 is 1.29 bits per heavy atom. The molecule has 4 rings (SSSR count). The van der Waals surface area contributed by atoms with E-state index in [1.165, 1.54) is 0 Å². The van der Waals surface area contributed by atoms with Gasteiger partial charge in [0.05, 0.1) is 12.1 Å². The molecule has 0 unspecified atom stereocenters. The van der Waals surface area contributed by atoms with E-state index in [-0.39, 0.29) is 5.91 Å². The number of amides is 1. The fourth-order valence-corrected chi connectivity index (χ4v) is 2.53. The Balaban J connectivity index is 1.47. The van der Waals surface area contributed by atoms with Gasteiger partial charge in [-0.25, -0.2) is 4.98 Å². The van der Waals surface area contributed by atoms with E-state index in [9.17, 15) is 4.79 Å². The molecule has 1 amide bonds. The molecular formula is C17H18N6O. The van der Waals surface area contributed by atoms with E-state index < -0.39 is 0 Å². The standard InChI is InChI=1S/C17H18N6O/c1-22(11-16-21-20-15-4-2-3-9-23(15)16)14-8-5-12(10-18-14)17(24)19-13-6-7-13/h2-5,8-10,13H,6-7,11H2,1H3,(H,19,24). The highest BCUT2D eigenvalue weighted by Gasteiger charge is 2.23. The smallest absolute Gasteiger partial charge is 0.253 e. The van der Waals surface area contributed by atoms with E-state index in [2.05, 4.69) is 20.5 Å². The van der Waals surface area contributed by atoms with Crippen LogP contribution < -0.4 is 10.2 Å². The molecule has 1 fully saturated rings. The average molecular weight is 322 g/mol. The summed E-state index contributed by atoms with van der Waals surface area (Å²) in [5.74, 6) is 1.57. The van der Waals surface area contributed by atoms with Crippen LogP contribution in [0, 0.1) is 0 Å². The van der Waals surface area contributed by atoms with Gasteiger partial charge in [-0.3, -0.25) is 9.20 Å². The van der Waals surface area contributed by atoms with Crippen molar-refractivity contribution in [3.05, 3.63) is 54.1 Å². The first-order valence-corrected chi connectivity index (χ1v) is 7.97. The lowest BCUT2D eigenvalue weighted by molar-refractivity contribution is 0.0950. The second-order valence-electron chi connectivity index (χ2n) is 6.05. The van der Waals surface area contributed by atoms with Gasteiger partial charge in [-0.2, -0.15) is 0 Å². The maximum absolute atomic E-state index is 12.0. The second-order valence-corrected chi connectivity index (χ2v) is 6.05. The van der Waals surface area contributed by atoms with E-state index >= 15 is 0 Å². The predicted octanol–water partition coefficient (Wildman–Crippen LogP) is 1.65. The number of hydrogen-bond donors (Lipinski definition) is 1. The zero-order valence-electron chi connectivity index (χ0n) is 13.4. The van der Waals surface area contributed by atoms with E-state index in [4.69, 9.17) is 0 Å². The summed E-state index contributed by atoms with van der Waals surface area (Å²) in [7, 11) is 1.94. The van der Waals surface area contributed by atoms with Crippen LogP contribution in [0.1, 0.15) is 29.0 Å². The summed E-state index contributed by atoms with van der Waals surface area (Å²) in [6.45, 7) is 0.575. The number of carbonyl (C=O) groups excluding carboxylic acids is 1. The van der Waals surface area contributed by atoms with Crippen molar-refractivity contribution in [2.75, 3.05) is 11.9 Å². The molecule has 7 heteroatoms. The fourth-order valence-electron chi connectivity index (χ4n) is 2.53. The molecule has 7 nitrogen and oxygen atoms in total. The zero-order valence-corrected chi connectivity index (χ0v) is 13.4. The molecule has 3 aromatic rings. The molecule has 1 aliphatic carbocycles. The van der Waals surface area contributed by atoms with Crippen molar-refractivity contribution in [1.29, 1.82) is 0 Å². The van der Waals surface area contributed by atoms with Crippen molar-refractivity contribution in [3.8, 4) is 0 Å². The van der Waals surface area contributed by atoms with E-state index in [1.54, 1.807) is 12.3 Å². The summed E-state index contributed by atoms with van der Waals surface area (Å²) in [5.41, 5.74) is 1.41. The van der Waals surface area contributed by atoms with Gasteiger partial charge < -0.3 is 10.2 Å². The number of anilines is 1. The maximum atomic E-state index is 12.0. The molecule has 1 saturated carbocycles. The minimum Gasteiger partial charge on any atom is -0.352 e. The summed E-state index contributed by atoms with van der Waals surface area (Å²) in [6.07, 6.45) is 5.71. The molecule has 3 aromatic heterocycles. The quantitative estimate of drug-likeness (QED) is 0.773. The van der Waals surface area contributed by atoms with Crippen molar-refractivity contribution >= 4 is 17.4 Å². The van der Waals surface area contributed by atoms with Gasteiger partial charge in [-0.05, 0) is 37.1 Å². The van der Waals surface area contributed by atoms with Crippen LogP contribution in [0.3, 0.4) is 0 Å². The molecule has 0 saturated heterocycles. The van der Waals surface area contributed by atoms with Gasteiger partial charge in [0, 0.05) is 25.5 Å². The number of hydrogen-bond acceptors (Lipinski definition) is 5. The SMILES string of the molecule is CN(Cc1nnc2ccccn12)c1ccc(C(=O)NC2CC2)cn1. The Morgan fingerprint density at radius 2 is 2.17 bits per heavy atom. The predicted molar refractivity (Wildman–Crippen MR) is 89.8 cm³/mol. The zero-order chi connectivity index (χ0) is 16.5. The summed E-state index contributed by atoms with van der Waals surface area (Å²) in [6, 6.07) is 9.81.